The zero-order chi connectivity index (χ0) is 20.5. The van der Waals surface area contributed by atoms with Crippen LogP contribution in [-0.2, 0) is 11.3 Å². The maximum atomic E-state index is 13.8. The van der Waals surface area contributed by atoms with Gasteiger partial charge >= 0.3 is 0 Å². The number of benzene rings is 2. The van der Waals surface area contributed by atoms with Crippen LogP contribution in [-0.4, -0.2) is 19.1 Å². The van der Waals surface area contributed by atoms with E-state index in [9.17, 15) is 9.18 Å². The van der Waals surface area contributed by atoms with Crippen molar-refractivity contribution in [3.05, 3.63) is 59.2 Å². The van der Waals surface area contributed by atoms with Crippen molar-refractivity contribution >= 4 is 15.1 Å². The van der Waals surface area contributed by atoms with E-state index >= 15 is 0 Å². The third-order valence-corrected chi connectivity index (χ3v) is 4.57. The van der Waals surface area contributed by atoms with E-state index in [0.29, 0.717) is 24.5 Å². The molecule has 0 aliphatic heterocycles. The van der Waals surface area contributed by atoms with Gasteiger partial charge in [-0.2, -0.15) is 5.26 Å². The molecule has 2 rings (SSSR count). The zero-order valence-corrected chi connectivity index (χ0v) is 17.1. The van der Waals surface area contributed by atoms with Crippen LogP contribution in [0.3, 0.4) is 0 Å². The lowest BCUT2D eigenvalue weighted by atomic mass is 10.1. The Morgan fingerprint density at radius 2 is 2.07 bits per heavy atom. The summed E-state index contributed by atoms with van der Waals surface area (Å²) in [6, 6.07) is 13.9. The number of hydrogen-bond acceptors (Lipinski definition) is 4. The molecule has 0 heterocycles. The van der Waals surface area contributed by atoms with Crippen LogP contribution in [0.5, 0.6) is 11.5 Å². The van der Waals surface area contributed by atoms with E-state index in [1.165, 1.54) is 12.1 Å². The van der Waals surface area contributed by atoms with Crippen LogP contribution in [0.1, 0.15) is 42.4 Å². The second-order valence-electron chi connectivity index (χ2n) is 6.19. The third kappa shape index (κ3) is 5.68. The Labute approximate surface area is 167 Å². The summed E-state index contributed by atoms with van der Waals surface area (Å²) >= 11 is 0. The molecule has 3 atom stereocenters. The second-order valence-corrected chi connectivity index (χ2v) is 6.77. The van der Waals surface area contributed by atoms with E-state index in [2.05, 4.69) is 5.32 Å². The van der Waals surface area contributed by atoms with Gasteiger partial charge in [0.25, 0.3) is 5.91 Å². The Hall–Kier alpha value is -2.64. The number of nitrogens with one attached hydrogen (secondary N) is 1. The SMILES string of the molecule is CCCC(Oc1ccc(C#N)c(C(F)P)c1)C(=O)NCc1ccccc1OC. The molecule has 0 radical (unpaired) electrons. The largest absolute Gasteiger partial charge is 0.496 e. The number of carbonyl (C=O) groups excluding carboxylic acids is 1. The van der Waals surface area contributed by atoms with Crippen LogP contribution in [0, 0.1) is 11.3 Å². The van der Waals surface area contributed by atoms with Gasteiger partial charge in [0.2, 0.25) is 0 Å². The Morgan fingerprint density at radius 1 is 1.32 bits per heavy atom. The predicted octanol–water partition coefficient (Wildman–Crippen LogP) is 4.27. The van der Waals surface area contributed by atoms with Gasteiger partial charge in [0.1, 0.15) is 17.4 Å². The summed E-state index contributed by atoms with van der Waals surface area (Å²) in [6.07, 6.45) is 0.529. The molecule has 1 amide bonds. The highest BCUT2D eigenvalue weighted by atomic mass is 31.0. The fourth-order valence-corrected chi connectivity index (χ4v) is 3.04. The lowest BCUT2D eigenvalue weighted by molar-refractivity contribution is -0.128. The number of methoxy groups -OCH3 is 1. The summed E-state index contributed by atoms with van der Waals surface area (Å²) < 4.78 is 24.9. The van der Waals surface area contributed by atoms with Crippen molar-refractivity contribution in [3.8, 4) is 17.6 Å². The van der Waals surface area contributed by atoms with Gasteiger partial charge in [-0.15, -0.1) is 0 Å². The maximum Gasteiger partial charge on any atom is 0.261 e. The molecular weight excluding hydrogens is 378 g/mol. The number of halogens is 1. The molecule has 0 spiro atoms. The van der Waals surface area contributed by atoms with Crippen LogP contribution in [0.25, 0.3) is 0 Å². The van der Waals surface area contributed by atoms with Crippen LogP contribution in [0.2, 0.25) is 0 Å². The summed E-state index contributed by atoms with van der Waals surface area (Å²) in [5.41, 5.74) is 1.31. The van der Waals surface area contributed by atoms with E-state index in [-0.39, 0.29) is 17.0 Å². The van der Waals surface area contributed by atoms with Crippen molar-refractivity contribution in [2.45, 2.75) is 38.3 Å². The number of carbonyl (C=O) groups is 1. The minimum atomic E-state index is -1.39. The lowest BCUT2D eigenvalue weighted by Crippen LogP contribution is -2.38. The number of nitrogens with zero attached hydrogens (tertiary/aromatic N) is 1. The summed E-state index contributed by atoms with van der Waals surface area (Å²) in [6.45, 7) is 2.26. The molecule has 0 aliphatic rings. The molecule has 0 bridgehead atoms. The highest BCUT2D eigenvalue weighted by molar-refractivity contribution is 7.16. The van der Waals surface area contributed by atoms with Crippen LogP contribution >= 0.6 is 9.24 Å². The monoisotopic (exact) mass is 402 g/mol. The topological polar surface area (TPSA) is 71.3 Å². The summed E-state index contributed by atoms with van der Waals surface area (Å²) in [5, 5.41) is 12.0. The van der Waals surface area contributed by atoms with Gasteiger partial charge in [-0.3, -0.25) is 4.79 Å². The second kappa shape index (κ2) is 10.6. The Kier molecular flexibility index (Phi) is 8.22. The van der Waals surface area contributed by atoms with E-state index in [1.54, 1.807) is 13.2 Å². The number of nitriles is 1. The molecule has 0 saturated heterocycles. The predicted molar refractivity (Wildman–Crippen MR) is 109 cm³/mol. The Morgan fingerprint density at radius 3 is 2.71 bits per heavy atom. The summed E-state index contributed by atoms with van der Waals surface area (Å²) in [7, 11) is 3.60. The molecule has 0 aromatic heterocycles. The molecule has 0 fully saturated rings. The number of rotatable bonds is 9. The summed E-state index contributed by atoms with van der Waals surface area (Å²) in [4.78, 5) is 12.6. The van der Waals surface area contributed by atoms with Crippen LogP contribution in [0.4, 0.5) is 4.39 Å². The molecule has 148 valence electrons. The number of hydrogen-bond donors (Lipinski definition) is 1. The highest BCUT2D eigenvalue weighted by Crippen LogP contribution is 2.31. The molecule has 3 unspecified atom stereocenters. The van der Waals surface area contributed by atoms with Gasteiger partial charge in [0.05, 0.1) is 18.7 Å². The molecule has 7 heteroatoms. The first-order chi connectivity index (χ1) is 13.5. The first kappa shape index (κ1) is 21.7. The van der Waals surface area contributed by atoms with E-state index in [1.807, 2.05) is 46.5 Å². The van der Waals surface area contributed by atoms with Crippen LogP contribution in [0.15, 0.2) is 42.5 Å². The normalized spacial score (nSPS) is 12.5. The third-order valence-electron chi connectivity index (χ3n) is 4.21. The fourth-order valence-electron chi connectivity index (χ4n) is 2.76. The molecule has 1 N–H and O–H groups in total. The van der Waals surface area contributed by atoms with Crippen molar-refractivity contribution in [3.63, 3.8) is 0 Å². The first-order valence-electron chi connectivity index (χ1n) is 9.00. The quantitative estimate of drug-likeness (QED) is 0.636. The molecule has 2 aromatic rings. The highest BCUT2D eigenvalue weighted by Gasteiger charge is 2.21. The first-order valence-corrected chi connectivity index (χ1v) is 9.66. The lowest BCUT2D eigenvalue weighted by Gasteiger charge is -2.19. The molecule has 0 saturated carbocycles. The van der Waals surface area contributed by atoms with Crippen LogP contribution < -0.4 is 14.8 Å². The van der Waals surface area contributed by atoms with Crippen molar-refractivity contribution in [1.29, 1.82) is 5.26 Å². The van der Waals surface area contributed by atoms with E-state index in [4.69, 9.17) is 14.7 Å². The molecule has 0 aliphatic carbocycles. The summed E-state index contributed by atoms with van der Waals surface area (Å²) in [5.74, 6) is -0.601. The van der Waals surface area contributed by atoms with Gasteiger partial charge in [-0.25, -0.2) is 4.39 Å². The fraction of sp³-hybridized carbons (Fsp3) is 0.333. The average molecular weight is 402 g/mol. The van der Waals surface area contributed by atoms with Gasteiger partial charge in [0, 0.05) is 17.7 Å². The van der Waals surface area contributed by atoms with Crippen molar-refractivity contribution in [1.82, 2.24) is 5.32 Å². The minimum absolute atomic E-state index is 0.217. The number of alkyl halides is 1. The number of amides is 1. The van der Waals surface area contributed by atoms with E-state index in [0.717, 1.165) is 12.0 Å². The van der Waals surface area contributed by atoms with Crippen molar-refractivity contribution < 1.29 is 18.7 Å². The standard InChI is InChI=1S/C21H24FN2O3P/c1-3-6-19(21(25)24-13-15-7-4-5-8-18(15)26-2)27-16-10-9-14(12-23)17(11-16)20(22)28/h4-5,7-11,19-20H,3,6,13,28H2,1-2H3,(H,24,25). The Bertz CT molecular complexity index is 852. The molecule has 2 aromatic carbocycles. The maximum absolute atomic E-state index is 13.8. The van der Waals surface area contributed by atoms with E-state index < -0.39 is 12.0 Å². The average Bonchev–Trinajstić information content (AvgIpc) is 2.71. The van der Waals surface area contributed by atoms with Gasteiger partial charge in [0.15, 0.2) is 6.10 Å². The van der Waals surface area contributed by atoms with Crippen molar-refractivity contribution in [2.24, 2.45) is 0 Å². The van der Waals surface area contributed by atoms with Crippen molar-refractivity contribution in [2.75, 3.05) is 7.11 Å². The number of para-hydroxylation sites is 1. The van der Waals surface area contributed by atoms with Gasteiger partial charge in [-0.05, 0) is 30.7 Å². The molecule has 5 nitrogen and oxygen atoms in total. The minimum Gasteiger partial charge on any atom is -0.496 e. The number of ether oxygens (including phenoxy) is 2. The molecule has 28 heavy (non-hydrogen) atoms. The Balaban J connectivity index is 2.11. The molecular formula is C21H24FN2O3P. The van der Waals surface area contributed by atoms with Gasteiger partial charge in [-0.1, -0.05) is 40.8 Å². The zero-order valence-electron chi connectivity index (χ0n) is 15.9. The smallest absolute Gasteiger partial charge is 0.261 e. The van der Waals surface area contributed by atoms with Gasteiger partial charge < -0.3 is 14.8 Å².